The van der Waals surface area contributed by atoms with Gasteiger partial charge in [0.2, 0.25) is 10.0 Å². The van der Waals surface area contributed by atoms with E-state index in [1.807, 2.05) is 30.3 Å². The number of hydrogen-bond acceptors (Lipinski definition) is 3. The topological polar surface area (TPSA) is 63.4 Å². The molecule has 2 N–H and O–H groups in total. The van der Waals surface area contributed by atoms with Crippen LogP contribution in [0.1, 0.15) is 17.0 Å². The van der Waals surface area contributed by atoms with E-state index in [0.29, 0.717) is 6.54 Å². The van der Waals surface area contributed by atoms with Gasteiger partial charge in [-0.25, -0.2) is 8.42 Å². The maximum Gasteiger partial charge on any atom is 0.416 e. The van der Waals surface area contributed by atoms with Crippen LogP contribution in [0.2, 0.25) is 0 Å². The largest absolute Gasteiger partial charge is 0.416 e. The molecule has 1 heterocycles. The Bertz CT molecular complexity index is 852. The average Bonchev–Trinajstić information content (AvgIpc) is 3.07. The quantitative estimate of drug-likeness (QED) is 0.881. The normalized spacial score (nSPS) is 21.8. The van der Waals surface area contributed by atoms with Gasteiger partial charge in [0.15, 0.2) is 0 Å². The number of rotatable bonds is 4. The Balaban J connectivity index is 1.86. The van der Waals surface area contributed by atoms with Crippen molar-refractivity contribution >= 4 is 10.0 Å². The predicted molar refractivity (Wildman–Crippen MR) is 91.9 cm³/mol. The molecule has 3 rings (SSSR count). The Morgan fingerprint density at radius 3 is 2.15 bits per heavy atom. The molecule has 0 spiro atoms. The van der Waals surface area contributed by atoms with Crippen LogP contribution in [0.3, 0.4) is 0 Å². The molecule has 26 heavy (non-hydrogen) atoms. The van der Waals surface area contributed by atoms with Gasteiger partial charge in [-0.2, -0.15) is 17.5 Å². The fourth-order valence-corrected chi connectivity index (χ4v) is 4.83. The lowest BCUT2D eigenvalue weighted by Gasteiger charge is -2.17. The summed E-state index contributed by atoms with van der Waals surface area (Å²) in [6.07, 6.45) is -4.50. The van der Waals surface area contributed by atoms with Gasteiger partial charge in [0.1, 0.15) is 0 Å². The van der Waals surface area contributed by atoms with Crippen molar-refractivity contribution < 1.29 is 21.6 Å². The van der Waals surface area contributed by atoms with Crippen LogP contribution < -0.4 is 5.73 Å². The molecule has 1 aliphatic heterocycles. The highest BCUT2D eigenvalue weighted by Gasteiger charge is 2.39. The van der Waals surface area contributed by atoms with Gasteiger partial charge in [-0.3, -0.25) is 0 Å². The first-order valence-electron chi connectivity index (χ1n) is 8.16. The molecule has 2 atom stereocenters. The second-order valence-corrected chi connectivity index (χ2v) is 8.30. The molecule has 8 heteroatoms. The molecule has 0 aliphatic carbocycles. The van der Waals surface area contributed by atoms with Gasteiger partial charge in [-0.15, -0.1) is 0 Å². The number of sulfonamides is 1. The van der Waals surface area contributed by atoms with Gasteiger partial charge in [-0.1, -0.05) is 30.3 Å². The molecule has 0 radical (unpaired) electrons. The highest BCUT2D eigenvalue weighted by atomic mass is 32.2. The van der Waals surface area contributed by atoms with Crippen LogP contribution in [0.15, 0.2) is 59.5 Å². The van der Waals surface area contributed by atoms with E-state index in [-0.39, 0.29) is 29.8 Å². The number of nitrogens with two attached hydrogens (primary N) is 1. The van der Waals surface area contributed by atoms with Crippen LogP contribution in [-0.2, 0) is 16.2 Å². The minimum Gasteiger partial charge on any atom is -0.330 e. The molecular weight excluding hydrogens is 365 g/mol. The molecule has 0 saturated carbocycles. The van der Waals surface area contributed by atoms with Crippen LogP contribution in [0.25, 0.3) is 0 Å². The zero-order valence-corrected chi connectivity index (χ0v) is 14.7. The first-order chi connectivity index (χ1) is 12.2. The Labute approximate surface area is 150 Å². The molecular formula is C18H19F3N2O2S. The van der Waals surface area contributed by atoms with Crippen molar-refractivity contribution in [2.24, 2.45) is 11.7 Å². The van der Waals surface area contributed by atoms with E-state index < -0.39 is 21.8 Å². The fourth-order valence-electron chi connectivity index (χ4n) is 3.31. The molecule has 2 aromatic rings. The highest BCUT2D eigenvalue weighted by molar-refractivity contribution is 7.89. The van der Waals surface area contributed by atoms with Crippen molar-refractivity contribution in [1.29, 1.82) is 0 Å². The molecule has 0 unspecified atom stereocenters. The van der Waals surface area contributed by atoms with E-state index in [9.17, 15) is 21.6 Å². The summed E-state index contributed by atoms with van der Waals surface area (Å²) in [7, 11) is -3.87. The zero-order chi connectivity index (χ0) is 18.9. The van der Waals surface area contributed by atoms with Crippen LogP contribution in [0, 0.1) is 5.92 Å². The third-order valence-electron chi connectivity index (χ3n) is 4.76. The Kier molecular flexibility index (Phi) is 5.09. The smallest absolute Gasteiger partial charge is 0.330 e. The number of nitrogens with zero attached hydrogens (tertiary/aromatic N) is 1. The van der Waals surface area contributed by atoms with Crippen molar-refractivity contribution in [3.05, 3.63) is 65.7 Å². The van der Waals surface area contributed by atoms with Crippen LogP contribution in [-0.4, -0.2) is 32.4 Å². The van der Waals surface area contributed by atoms with Crippen molar-refractivity contribution in [1.82, 2.24) is 4.31 Å². The van der Waals surface area contributed by atoms with E-state index in [2.05, 4.69) is 0 Å². The third-order valence-corrected chi connectivity index (χ3v) is 6.60. The number of hydrogen-bond donors (Lipinski definition) is 1. The maximum absolute atomic E-state index is 12.8. The Morgan fingerprint density at radius 1 is 1.00 bits per heavy atom. The first-order valence-corrected chi connectivity index (χ1v) is 9.60. The average molecular weight is 384 g/mol. The van der Waals surface area contributed by atoms with Crippen LogP contribution in [0.4, 0.5) is 13.2 Å². The summed E-state index contributed by atoms with van der Waals surface area (Å²) in [6.45, 7) is 0.841. The molecule has 1 fully saturated rings. The second kappa shape index (κ2) is 7.02. The third kappa shape index (κ3) is 3.62. The van der Waals surface area contributed by atoms with Gasteiger partial charge in [0.25, 0.3) is 0 Å². The van der Waals surface area contributed by atoms with E-state index >= 15 is 0 Å². The molecule has 0 amide bonds. The summed E-state index contributed by atoms with van der Waals surface area (Å²) in [5.74, 6) is -0.0768. The van der Waals surface area contributed by atoms with Gasteiger partial charge < -0.3 is 5.73 Å². The minimum atomic E-state index is -4.50. The Morgan fingerprint density at radius 2 is 1.62 bits per heavy atom. The predicted octanol–water partition coefficient (Wildman–Crippen LogP) is 3.07. The number of alkyl halides is 3. The van der Waals surface area contributed by atoms with Crippen molar-refractivity contribution in [2.75, 3.05) is 19.6 Å². The van der Waals surface area contributed by atoms with E-state index in [0.717, 1.165) is 29.8 Å². The van der Waals surface area contributed by atoms with E-state index in [4.69, 9.17) is 5.73 Å². The lowest BCUT2D eigenvalue weighted by Crippen LogP contribution is -2.30. The van der Waals surface area contributed by atoms with Crippen LogP contribution in [0.5, 0.6) is 0 Å². The fraction of sp³-hybridized carbons (Fsp3) is 0.333. The summed E-state index contributed by atoms with van der Waals surface area (Å²) in [5.41, 5.74) is 5.96. The van der Waals surface area contributed by atoms with Crippen molar-refractivity contribution in [3.63, 3.8) is 0 Å². The monoisotopic (exact) mass is 384 g/mol. The van der Waals surface area contributed by atoms with E-state index in [1.54, 1.807) is 0 Å². The Hall–Kier alpha value is -1.90. The first kappa shape index (κ1) is 18.9. The molecule has 1 aliphatic rings. The number of benzene rings is 2. The molecule has 2 aromatic carbocycles. The zero-order valence-electron chi connectivity index (χ0n) is 13.9. The second-order valence-electron chi connectivity index (χ2n) is 6.36. The molecule has 1 saturated heterocycles. The summed E-state index contributed by atoms with van der Waals surface area (Å²) in [4.78, 5) is -0.144. The summed E-state index contributed by atoms with van der Waals surface area (Å²) in [5, 5.41) is 0. The lowest BCUT2D eigenvalue weighted by molar-refractivity contribution is -0.137. The van der Waals surface area contributed by atoms with Crippen molar-refractivity contribution in [3.8, 4) is 0 Å². The summed E-state index contributed by atoms with van der Waals surface area (Å²) >= 11 is 0. The SMILES string of the molecule is NC[C@@H]1CN(S(=O)(=O)c2ccc(C(F)(F)F)cc2)C[C@H]1c1ccccc1. The standard InChI is InChI=1S/C18H19F3N2O2S/c19-18(20,21)15-6-8-16(9-7-15)26(24,25)23-11-14(10-22)17(12-23)13-4-2-1-3-5-13/h1-9,14,17H,10-12,22H2/t14-,17+/m1/s1. The summed E-state index contributed by atoms with van der Waals surface area (Å²) < 4.78 is 65.0. The lowest BCUT2D eigenvalue weighted by atomic mass is 9.89. The molecule has 0 bridgehead atoms. The molecule has 4 nitrogen and oxygen atoms in total. The van der Waals surface area contributed by atoms with Crippen LogP contribution >= 0.6 is 0 Å². The minimum absolute atomic E-state index is 0.0366. The molecule has 140 valence electrons. The number of halogens is 3. The van der Waals surface area contributed by atoms with Gasteiger partial charge in [0.05, 0.1) is 10.5 Å². The van der Waals surface area contributed by atoms with Gasteiger partial charge >= 0.3 is 6.18 Å². The summed E-state index contributed by atoms with van der Waals surface area (Å²) in [6, 6.07) is 13.1. The maximum atomic E-state index is 12.8. The highest BCUT2D eigenvalue weighted by Crippen LogP contribution is 2.36. The van der Waals surface area contributed by atoms with Gasteiger partial charge in [0, 0.05) is 19.0 Å². The van der Waals surface area contributed by atoms with E-state index in [1.165, 1.54) is 4.31 Å². The van der Waals surface area contributed by atoms with Gasteiger partial charge in [-0.05, 0) is 42.3 Å². The van der Waals surface area contributed by atoms with Crippen molar-refractivity contribution in [2.45, 2.75) is 17.0 Å². The molecule has 0 aromatic heterocycles.